The maximum absolute atomic E-state index is 14.2. The largest absolute Gasteiger partial charge is 0.147 e. The van der Waals surface area contributed by atoms with Gasteiger partial charge >= 0.3 is 227 Å². The predicted octanol–water partition coefficient (Wildman–Crippen LogP) is 8.73. The standard InChI is InChI=1S/2C13H12F.C6H5.CH3.2ClH.GeH2.Hf/c2*1-9-6-10(2)13(7-9)11-4-3-5-12(14)8-11;1-2-4-6-5-3-1;;;;;/h2*3-5,7-9H,1-2H3;1-5H;1H3;2*1H;1H2;. The molecule has 2 aliphatic carbocycles. The van der Waals surface area contributed by atoms with Gasteiger partial charge < -0.3 is 0 Å². The van der Waals surface area contributed by atoms with Gasteiger partial charge in [0.1, 0.15) is 0 Å². The van der Waals surface area contributed by atoms with Crippen LogP contribution in [0.15, 0.2) is 109 Å². The fourth-order valence-electron chi connectivity index (χ4n) is 7.42. The van der Waals surface area contributed by atoms with Gasteiger partial charge in [-0.25, -0.2) is 0 Å². The van der Waals surface area contributed by atoms with Crippen molar-refractivity contribution in [1.82, 2.24) is 0 Å². The summed E-state index contributed by atoms with van der Waals surface area (Å²) in [6, 6.07) is 25.1. The molecule has 204 valence electrons. The van der Waals surface area contributed by atoms with E-state index in [0.29, 0.717) is 0 Å². The van der Waals surface area contributed by atoms with Crippen molar-refractivity contribution >= 4 is 51.5 Å². The van der Waals surface area contributed by atoms with Crippen LogP contribution in [0.5, 0.6) is 0 Å². The molecule has 5 rings (SSSR count). The van der Waals surface area contributed by atoms with Gasteiger partial charge in [-0.3, -0.25) is 0 Å². The first-order valence-corrected chi connectivity index (χ1v) is 36.7. The third-order valence-electron chi connectivity index (χ3n) is 8.64. The Kier molecular flexibility index (Phi) is 9.65. The molecule has 39 heavy (non-hydrogen) atoms. The number of rotatable bonds is 5. The predicted molar refractivity (Wildman–Crippen MR) is 167 cm³/mol. The molecule has 0 aliphatic heterocycles. The zero-order valence-electron chi connectivity index (χ0n) is 23.1. The van der Waals surface area contributed by atoms with Crippen LogP contribution in [0, 0.1) is 23.5 Å². The molecule has 0 fully saturated rings. The van der Waals surface area contributed by atoms with Crippen molar-refractivity contribution < 1.29 is 24.2 Å². The van der Waals surface area contributed by atoms with Crippen molar-refractivity contribution in [2.75, 3.05) is 0 Å². The van der Waals surface area contributed by atoms with E-state index in [-0.39, 0.29) is 48.3 Å². The Morgan fingerprint density at radius 2 is 1.05 bits per heavy atom. The Morgan fingerprint density at radius 1 is 0.641 bits per heavy atom. The summed E-state index contributed by atoms with van der Waals surface area (Å²) < 4.78 is 35.8. The molecule has 3 aromatic rings. The van der Waals surface area contributed by atoms with Crippen LogP contribution < -0.4 is 3.32 Å². The average molecular weight is 793 g/mol. The Labute approximate surface area is 249 Å². The van der Waals surface area contributed by atoms with Gasteiger partial charge in [0.2, 0.25) is 0 Å². The minimum Gasteiger partial charge on any atom is -0.147 e. The Balaban J connectivity index is 0.00000210. The molecule has 2 atom stereocenters. The van der Waals surface area contributed by atoms with Crippen LogP contribution in [0.1, 0.15) is 38.8 Å². The molecule has 2 aliphatic rings. The van der Waals surface area contributed by atoms with Crippen molar-refractivity contribution in [3.8, 4) is 0 Å². The van der Waals surface area contributed by atoms with Crippen LogP contribution in [-0.4, -0.2) is 12.2 Å². The van der Waals surface area contributed by atoms with Crippen molar-refractivity contribution in [3.05, 3.63) is 132 Å². The molecule has 0 aromatic heterocycles. The van der Waals surface area contributed by atoms with Crippen molar-refractivity contribution in [3.63, 3.8) is 0 Å². The van der Waals surface area contributed by atoms with Crippen LogP contribution in [0.2, 0.25) is 4.68 Å². The van der Waals surface area contributed by atoms with Gasteiger partial charge in [-0.15, -0.1) is 24.8 Å². The summed E-state index contributed by atoms with van der Waals surface area (Å²) in [5.74, 6) is 0.152. The molecule has 0 heterocycles. The first kappa shape index (κ1) is 32.0. The normalized spacial score (nSPS) is 19.4. The average Bonchev–Trinajstić information content (AvgIpc) is 3.35. The van der Waals surface area contributed by atoms with Gasteiger partial charge in [-0.2, -0.15) is 0 Å². The van der Waals surface area contributed by atoms with Crippen LogP contribution in [0.4, 0.5) is 8.78 Å². The molecule has 0 radical (unpaired) electrons. The van der Waals surface area contributed by atoms with E-state index in [1.807, 2.05) is 12.1 Å². The second-order valence-electron chi connectivity index (χ2n) is 11.2. The smallest absolute Gasteiger partial charge is 0.147 e. The maximum Gasteiger partial charge on any atom is -0.147 e. The number of benzene rings is 3. The fraction of sp³-hybridized carbons (Fsp3) is 0.212. The van der Waals surface area contributed by atoms with E-state index in [2.05, 4.69) is 74.9 Å². The van der Waals surface area contributed by atoms with Crippen LogP contribution >= 0.6 is 24.8 Å². The second kappa shape index (κ2) is 11.8. The first-order chi connectivity index (χ1) is 17.5. The zero-order chi connectivity index (χ0) is 26.6. The molecule has 2 unspecified atom stereocenters. The molecule has 0 nitrogen and oxygen atoms in total. The topological polar surface area (TPSA) is 0 Å². The minimum absolute atomic E-state index is 0. The summed E-state index contributed by atoms with van der Waals surface area (Å²) in [6.07, 6.45) is 4.71. The SMILES string of the molecule is CC1=[C]([Hf]([CH3])(=[GeH2])([C]2=C(C)C(c3cccc(F)c3)=CC2C)[c]2ccccc2)C(C)C=C1c1cccc(F)c1.Cl.Cl. The molecule has 6 heteroatoms. The van der Waals surface area contributed by atoms with Crippen LogP contribution in [-0.2, 0) is 15.4 Å². The van der Waals surface area contributed by atoms with Gasteiger partial charge in [0.15, 0.2) is 0 Å². The van der Waals surface area contributed by atoms with E-state index >= 15 is 0 Å². The summed E-state index contributed by atoms with van der Waals surface area (Å²) in [5, 5.41) is 0. The number of hydrogen-bond acceptors (Lipinski definition) is 0. The summed E-state index contributed by atoms with van der Waals surface area (Å²) in [6.45, 7) is 9.15. The Morgan fingerprint density at radius 3 is 1.44 bits per heavy atom. The number of hydrogen-bond donors (Lipinski definition) is 0. The fourth-order valence-corrected chi connectivity index (χ4v) is 56.6. The first-order valence-electron chi connectivity index (χ1n) is 13.0. The van der Waals surface area contributed by atoms with Gasteiger partial charge in [-0.05, 0) is 0 Å². The number of halogens is 4. The molecular formula is C33H36Cl2F2GeHf. The van der Waals surface area contributed by atoms with Gasteiger partial charge in [-0.1, -0.05) is 0 Å². The van der Waals surface area contributed by atoms with Crippen molar-refractivity contribution in [1.29, 1.82) is 0 Å². The molecule has 0 N–H and O–H groups in total. The van der Waals surface area contributed by atoms with Crippen molar-refractivity contribution in [2.24, 2.45) is 11.8 Å². The molecule has 0 saturated carbocycles. The van der Waals surface area contributed by atoms with Crippen molar-refractivity contribution in [2.45, 2.75) is 32.4 Å². The number of allylic oxidation sites excluding steroid dienone is 8. The second-order valence-corrected chi connectivity index (χ2v) is 61.9. The Bertz CT molecular complexity index is 1520. The summed E-state index contributed by atoms with van der Waals surface area (Å²) in [7, 11) is 0. The van der Waals surface area contributed by atoms with E-state index in [0.717, 1.165) is 11.1 Å². The third-order valence-corrected chi connectivity index (χ3v) is 52.0. The van der Waals surface area contributed by atoms with E-state index in [4.69, 9.17) is 0 Å². The van der Waals surface area contributed by atoms with E-state index in [9.17, 15) is 8.78 Å². The van der Waals surface area contributed by atoms with E-state index in [1.54, 1.807) is 30.9 Å². The maximum atomic E-state index is 14.2. The molecule has 0 spiro atoms. The van der Waals surface area contributed by atoms with E-state index < -0.39 is 15.4 Å². The molecule has 3 aromatic carbocycles. The van der Waals surface area contributed by atoms with Crippen LogP contribution in [0.25, 0.3) is 11.1 Å². The minimum atomic E-state index is -4.21. The monoisotopic (exact) mass is 794 g/mol. The zero-order valence-corrected chi connectivity index (χ0v) is 31.3. The third kappa shape index (κ3) is 5.30. The van der Waals surface area contributed by atoms with Gasteiger partial charge in [0, 0.05) is 0 Å². The summed E-state index contributed by atoms with van der Waals surface area (Å²) >= 11 is -3.01. The van der Waals surface area contributed by atoms with Gasteiger partial charge in [0.05, 0.1) is 0 Å². The molecular weight excluding hydrogens is 756 g/mol. The van der Waals surface area contributed by atoms with E-state index in [1.165, 1.54) is 50.0 Å². The summed E-state index contributed by atoms with van der Waals surface area (Å²) in [5.41, 5.74) is 6.87. The van der Waals surface area contributed by atoms with Gasteiger partial charge in [0.25, 0.3) is 0 Å². The molecule has 0 bridgehead atoms. The summed E-state index contributed by atoms with van der Waals surface area (Å²) in [4.78, 5) is 0. The van der Waals surface area contributed by atoms with Crippen LogP contribution in [0.3, 0.4) is 0 Å². The molecule has 0 saturated heterocycles. The molecule has 0 amide bonds. The quantitative estimate of drug-likeness (QED) is 0.227. The Hall–Kier alpha value is -1.53.